The van der Waals surface area contributed by atoms with Gasteiger partial charge in [0.15, 0.2) is 15.4 Å². The van der Waals surface area contributed by atoms with Crippen molar-refractivity contribution in [1.82, 2.24) is 10.3 Å². The van der Waals surface area contributed by atoms with Gasteiger partial charge in [0.25, 0.3) is 0 Å². The molecule has 2 heterocycles. The molecular formula is C14H18N2O3S. The molecule has 0 spiro atoms. The van der Waals surface area contributed by atoms with Crippen LogP contribution in [0.15, 0.2) is 27.5 Å². The first-order valence-corrected chi connectivity index (χ1v) is 8.64. The average Bonchev–Trinajstić information content (AvgIpc) is 2.82. The summed E-state index contributed by atoms with van der Waals surface area (Å²) in [5, 5.41) is 3.44. The number of hydrogen-bond acceptors (Lipinski definition) is 5. The second kappa shape index (κ2) is 4.56. The average molecular weight is 294 g/mol. The van der Waals surface area contributed by atoms with E-state index in [0.29, 0.717) is 17.0 Å². The molecule has 2 aromatic rings. The van der Waals surface area contributed by atoms with Gasteiger partial charge in [-0.3, -0.25) is 0 Å². The highest BCUT2D eigenvalue weighted by Gasteiger charge is 2.33. The maximum Gasteiger partial charge on any atom is 0.215 e. The summed E-state index contributed by atoms with van der Waals surface area (Å²) in [6.45, 7) is 3.03. The predicted molar refractivity (Wildman–Crippen MR) is 76.3 cm³/mol. The molecule has 1 aliphatic rings. The van der Waals surface area contributed by atoms with Gasteiger partial charge >= 0.3 is 0 Å². The molecule has 6 heteroatoms. The van der Waals surface area contributed by atoms with Gasteiger partial charge in [0, 0.05) is 6.26 Å². The van der Waals surface area contributed by atoms with Crippen LogP contribution in [0.25, 0.3) is 11.1 Å². The lowest BCUT2D eigenvalue weighted by atomic mass is 9.91. The Hall–Kier alpha value is -1.40. The van der Waals surface area contributed by atoms with Gasteiger partial charge in [-0.15, -0.1) is 0 Å². The quantitative estimate of drug-likeness (QED) is 0.919. The molecule has 3 rings (SSSR count). The molecule has 0 aliphatic carbocycles. The number of rotatable bonds is 2. The molecule has 20 heavy (non-hydrogen) atoms. The maximum absolute atomic E-state index is 11.6. The Balaban J connectivity index is 2.07. The molecule has 1 N–H and O–H groups in total. The second-order valence-corrected chi connectivity index (χ2v) is 7.65. The molecule has 0 bridgehead atoms. The number of nitrogens with zero attached hydrogens (tertiary/aromatic N) is 1. The second-order valence-electron chi connectivity index (χ2n) is 5.64. The largest absolute Gasteiger partial charge is 0.439 e. The minimum Gasteiger partial charge on any atom is -0.439 e. The SMILES string of the molecule is CC1(c2nc3cc(S(C)(=O)=O)ccc3o2)CCCCN1. The van der Waals surface area contributed by atoms with E-state index in [1.165, 1.54) is 6.26 Å². The highest BCUT2D eigenvalue weighted by molar-refractivity contribution is 7.90. The summed E-state index contributed by atoms with van der Waals surface area (Å²) in [7, 11) is -3.22. The lowest BCUT2D eigenvalue weighted by Gasteiger charge is -2.31. The third-order valence-corrected chi connectivity index (χ3v) is 4.99. The highest BCUT2D eigenvalue weighted by Crippen LogP contribution is 2.32. The first-order valence-electron chi connectivity index (χ1n) is 6.75. The molecule has 1 unspecified atom stereocenters. The van der Waals surface area contributed by atoms with Crippen molar-refractivity contribution in [2.75, 3.05) is 12.8 Å². The highest BCUT2D eigenvalue weighted by atomic mass is 32.2. The van der Waals surface area contributed by atoms with Gasteiger partial charge in [-0.1, -0.05) is 0 Å². The van der Waals surface area contributed by atoms with Crippen molar-refractivity contribution < 1.29 is 12.8 Å². The minimum absolute atomic E-state index is 0.261. The Morgan fingerprint density at radius 2 is 2.15 bits per heavy atom. The van der Waals surface area contributed by atoms with Crippen LogP contribution in [0.2, 0.25) is 0 Å². The van der Waals surface area contributed by atoms with E-state index in [9.17, 15) is 8.42 Å². The van der Waals surface area contributed by atoms with Crippen molar-refractivity contribution in [3.63, 3.8) is 0 Å². The molecule has 108 valence electrons. The van der Waals surface area contributed by atoms with Crippen molar-refractivity contribution >= 4 is 20.9 Å². The summed E-state index contributed by atoms with van der Waals surface area (Å²) >= 11 is 0. The van der Waals surface area contributed by atoms with E-state index in [1.807, 2.05) is 0 Å². The number of piperidine rings is 1. The lowest BCUT2D eigenvalue weighted by molar-refractivity contribution is 0.232. The van der Waals surface area contributed by atoms with Gasteiger partial charge in [-0.05, 0) is 50.9 Å². The fraction of sp³-hybridized carbons (Fsp3) is 0.500. The van der Waals surface area contributed by atoms with E-state index in [2.05, 4.69) is 17.2 Å². The Labute approximate surface area is 118 Å². The van der Waals surface area contributed by atoms with Gasteiger partial charge in [0.05, 0.1) is 10.4 Å². The molecule has 1 atom stereocenters. The van der Waals surface area contributed by atoms with E-state index in [4.69, 9.17) is 4.42 Å². The molecule has 1 saturated heterocycles. The van der Waals surface area contributed by atoms with E-state index < -0.39 is 9.84 Å². The minimum atomic E-state index is -3.22. The monoisotopic (exact) mass is 294 g/mol. The Bertz CT molecular complexity index is 743. The van der Waals surface area contributed by atoms with Crippen molar-refractivity contribution in [2.45, 2.75) is 36.6 Å². The fourth-order valence-corrected chi connectivity index (χ4v) is 3.25. The third-order valence-electron chi connectivity index (χ3n) is 3.88. The molecule has 0 radical (unpaired) electrons. The topological polar surface area (TPSA) is 72.2 Å². The van der Waals surface area contributed by atoms with Crippen LogP contribution in [-0.2, 0) is 15.4 Å². The smallest absolute Gasteiger partial charge is 0.215 e. The summed E-state index contributed by atoms with van der Waals surface area (Å²) in [5.74, 6) is 0.637. The third kappa shape index (κ3) is 2.33. The van der Waals surface area contributed by atoms with Crippen molar-refractivity contribution in [1.29, 1.82) is 0 Å². The van der Waals surface area contributed by atoms with E-state index >= 15 is 0 Å². The Morgan fingerprint density at radius 3 is 2.80 bits per heavy atom. The van der Waals surface area contributed by atoms with Crippen molar-refractivity contribution in [3.8, 4) is 0 Å². The van der Waals surface area contributed by atoms with Crippen LogP contribution in [0.5, 0.6) is 0 Å². The predicted octanol–water partition coefficient (Wildman–Crippen LogP) is 2.22. The van der Waals surface area contributed by atoms with Gasteiger partial charge in [-0.2, -0.15) is 0 Å². The van der Waals surface area contributed by atoms with Crippen LogP contribution in [0.1, 0.15) is 32.1 Å². The number of fused-ring (bicyclic) bond motifs is 1. The number of benzene rings is 1. The maximum atomic E-state index is 11.6. The zero-order chi connectivity index (χ0) is 14.4. The Morgan fingerprint density at radius 1 is 1.35 bits per heavy atom. The summed E-state index contributed by atoms with van der Waals surface area (Å²) in [5.41, 5.74) is 0.959. The number of aromatic nitrogens is 1. The summed E-state index contributed by atoms with van der Waals surface area (Å²) in [4.78, 5) is 4.76. The zero-order valence-electron chi connectivity index (χ0n) is 11.6. The van der Waals surface area contributed by atoms with E-state index in [1.54, 1.807) is 18.2 Å². The summed E-state index contributed by atoms with van der Waals surface area (Å²) in [6.07, 6.45) is 4.46. The molecule has 1 aromatic heterocycles. The normalized spacial score (nSPS) is 24.1. The van der Waals surface area contributed by atoms with Crippen molar-refractivity contribution in [2.24, 2.45) is 0 Å². The van der Waals surface area contributed by atoms with Gasteiger partial charge in [-0.25, -0.2) is 13.4 Å². The lowest BCUT2D eigenvalue weighted by Crippen LogP contribution is -2.43. The van der Waals surface area contributed by atoms with Crippen LogP contribution < -0.4 is 5.32 Å². The molecule has 1 aromatic carbocycles. The molecular weight excluding hydrogens is 276 g/mol. The summed E-state index contributed by atoms with van der Waals surface area (Å²) in [6, 6.07) is 4.81. The molecule has 1 fully saturated rings. The number of hydrogen-bond donors (Lipinski definition) is 1. The summed E-state index contributed by atoms with van der Waals surface area (Å²) < 4.78 is 29.0. The van der Waals surface area contributed by atoms with Gasteiger partial charge in [0.1, 0.15) is 5.52 Å². The van der Waals surface area contributed by atoms with E-state index in [-0.39, 0.29) is 10.4 Å². The van der Waals surface area contributed by atoms with Gasteiger partial charge in [0.2, 0.25) is 5.89 Å². The standard InChI is InChI=1S/C14H18N2O3S/c1-14(7-3-4-8-15-14)13-16-11-9-10(20(2,17)18)5-6-12(11)19-13/h5-6,9,15H,3-4,7-8H2,1-2H3. The van der Waals surface area contributed by atoms with Crippen molar-refractivity contribution in [3.05, 3.63) is 24.1 Å². The van der Waals surface area contributed by atoms with Crippen LogP contribution in [-0.4, -0.2) is 26.2 Å². The number of oxazole rings is 1. The molecule has 5 nitrogen and oxygen atoms in total. The Kier molecular flexibility index (Phi) is 3.10. The van der Waals surface area contributed by atoms with Crippen LogP contribution in [0.4, 0.5) is 0 Å². The molecule has 0 saturated carbocycles. The number of nitrogens with one attached hydrogen (secondary N) is 1. The first kappa shape index (κ1) is 13.6. The van der Waals surface area contributed by atoms with Crippen LogP contribution in [0.3, 0.4) is 0 Å². The van der Waals surface area contributed by atoms with Crippen LogP contribution >= 0.6 is 0 Å². The fourth-order valence-electron chi connectivity index (χ4n) is 2.61. The van der Waals surface area contributed by atoms with E-state index in [0.717, 1.165) is 25.8 Å². The molecule has 0 amide bonds. The van der Waals surface area contributed by atoms with Crippen LogP contribution in [0, 0.1) is 0 Å². The van der Waals surface area contributed by atoms with Gasteiger partial charge < -0.3 is 9.73 Å². The molecule has 1 aliphatic heterocycles. The number of sulfone groups is 1. The first-order chi connectivity index (χ1) is 9.38. The zero-order valence-corrected chi connectivity index (χ0v) is 12.5.